The molecule has 1 aromatic heterocycles. The van der Waals surface area contributed by atoms with Gasteiger partial charge in [-0.3, -0.25) is 10.1 Å². The molecule has 5 heteroatoms. The second-order valence-electron chi connectivity index (χ2n) is 4.83. The maximum absolute atomic E-state index is 11.0. The molecule has 0 atom stereocenters. The Morgan fingerprint density at radius 3 is 2.68 bits per heavy atom. The fraction of sp³-hybridized carbons (Fsp3) is 0.0588. The van der Waals surface area contributed by atoms with E-state index in [4.69, 9.17) is 4.74 Å². The van der Waals surface area contributed by atoms with Crippen LogP contribution in [0.5, 0.6) is 5.75 Å². The van der Waals surface area contributed by atoms with E-state index in [1.807, 2.05) is 30.3 Å². The normalized spacial score (nSPS) is 10.6. The first-order valence-corrected chi connectivity index (χ1v) is 6.71. The van der Waals surface area contributed by atoms with Crippen molar-refractivity contribution in [1.82, 2.24) is 4.98 Å². The van der Waals surface area contributed by atoms with E-state index in [0.29, 0.717) is 28.8 Å². The van der Waals surface area contributed by atoms with E-state index in [1.165, 1.54) is 6.20 Å². The van der Waals surface area contributed by atoms with Gasteiger partial charge in [-0.2, -0.15) is 0 Å². The van der Waals surface area contributed by atoms with E-state index < -0.39 is 4.92 Å². The molecule has 0 N–H and O–H groups in total. The van der Waals surface area contributed by atoms with Gasteiger partial charge in [0.05, 0.1) is 10.4 Å². The van der Waals surface area contributed by atoms with Crippen molar-refractivity contribution < 1.29 is 9.66 Å². The maximum atomic E-state index is 11.0. The molecule has 0 fully saturated rings. The van der Waals surface area contributed by atoms with Gasteiger partial charge in [-0.15, -0.1) is 0 Å². The van der Waals surface area contributed by atoms with Crippen molar-refractivity contribution in [2.75, 3.05) is 0 Å². The van der Waals surface area contributed by atoms with Gasteiger partial charge >= 0.3 is 0 Å². The SMILES string of the molecule is [CH2]c1c([N+](=O)[O-])cnc2ccc(OCc3ccccc3)cc12. The van der Waals surface area contributed by atoms with Crippen molar-refractivity contribution in [3.8, 4) is 5.75 Å². The number of pyridine rings is 1. The molecule has 3 aromatic rings. The summed E-state index contributed by atoms with van der Waals surface area (Å²) in [6.07, 6.45) is 1.23. The van der Waals surface area contributed by atoms with Crippen molar-refractivity contribution in [3.63, 3.8) is 0 Å². The molecule has 0 saturated heterocycles. The molecule has 1 heterocycles. The summed E-state index contributed by atoms with van der Waals surface area (Å²) in [4.78, 5) is 14.6. The molecule has 0 aliphatic carbocycles. The highest BCUT2D eigenvalue weighted by atomic mass is 16.6. The fourth-order valence-electron chi connectivity index (χ4n) is 2.20. The molecule has 109 valence electrons. The Morgan fingerprint density at radius 1 is 1.18 bits per heavy atom. The van der Waals surface area contributed by atoms with Crippen LogP contribution in [-0.4, -0.2) is 9.91 Å². The van der Waals surface area contributed by atoms with E-state index in [1.54, 1.807) is 18.2 Å². The van der Waals surface area contributed by atoms with Crippen LogP contribution in [0.1, 0.15) is 11.1 Å². The Labute approximate surface area is 127 Å². The van der Waals surface area contributed by atoms with Crippen LogP contribution in [0, 0.1) is 17.0 Å². The molecule has 0 amide bonds. The van der Waals surface area contributed by atoms with Crippen LogP contribution in [0.4, 0.5) is 5.69 Å². The number of benzene rings is 2. The largest absolute Gasteiger partial charge is 0.489 e. The molecule has 0 aliphatic heterocycles. The van der Waals surface area contributed by atoms with Gasteiger partial charge in [0.15, 0.2) is 0 Å². The molecular formula is C17H13N2O3. The summed E-state index contributed by atoms with van der Waals surface area (Å²) in [5.74, 6) is 0.628. The summed E-state index contributed by atoms with van der Waals surface area (Å²) in [5, 5.41) is 11.6. The van der Waals surface area contributed by atoms with Crippen LogP contribution in [0.2, 0.25) is 0 Å². The summed E-state index contributed by atoms with van der Waals surface area (Å²) in [6, 6.07) is 15.1. The Balaban J connectivity index is 1.91. The van der Waals surface area contributed by atoms with Gasteiger partial charge in [-0.1, -0.05) is 30.3 Å². The second-order valence-corrected chi connectivity index (χ2v) is 4.83. The highest BCUT2D eigenvalue weighted by Crippen LogP contribution is 2.28. The van der Waals surface area contributed by atoms with Gasteiger partial charge in [-0.25, -0.2) is 4.98 Å². The fourth-order valence-corrected chi connectivity index (χ4v) is 2.20. The summed E-state index contributed by atoms with van der Waals surface area (Å²) in [6.45, 7) is 4.22. The van der Waals surface area contributed by atoms with Crippen molar-refractivity contribution in [1.29, 1.82) is 0 Å². The average Bonchev–Trinajstić information content (AvgIpc) is 2.54. The summed E-state index contributed by atoms with van der Waals surface area (Å²) < 4.78 is 5.73. The quantitative estimate of drug-likeness (QED) is 0.540. The molecule has 0 spiro atoms. The van der Waals surface area contributed by atoms with E-state index in [2.05, 4.69) is 11.9 Å². The van der Waals surface area contributed by atoms with Gasteiger partial charge in [0.25, 0.3) is 5.69 Å². The number of hydrogen-bond acceptors (Lipinski definition) is 4. The number of fused-ring (bicyclic) bond motifs is 1. The van der Waals surface area contributed by atoms with Gasteiger partial charge in [0.2, 0.25) is 0 Å². The summed E-state index contributed by atoms with van der Waals surface area (Å²) >= 11 is 0. The molecule has 5 nitrogen and oxygen atoms in total. The van der Waals surface area contributed by atoms with Crippen molar-refractivity contribution >= 4 is 16.6 Å². The van der Waals surface area contributed by atoms with Crippen LogP contribution in [-0.2, 0) is 6.61 Å². The number of nitro groups is 1. The maximum Gasteiger partial charge on any atom is 0.291 e. The minimum Gasteiger partial charge on any atom is -0.489 e. The monoisotopic (exact) mass is 293 g/mol. The molecular weight excluding hydrogens is 280 g/mol. The van der Waals surface area contributed by atoms with Crippen molar-refractivity contribution in [2.24, 2.45) is 0 Å². The predicted octanol–water partition coefficient (Wildman–Crippen LogP) is 3.90. The van der Waals surface area contributed by atoms with Gasteiger partial charge < -0.3 is 4.74 Å². The van der Waals surface area contributed by atoms with Crippen LogP contribution >= 0.6 is 0 Å². The lowest BCUT2D eigenvalue weighted by Crippen LogP contribution is -1.97. The van der Waals surface area contributed by atoms with Crippen LogP contribution in [0.25, 0.3) is 10.9 Å². The summed E-state index contributed by atoms with van der Waals surface area (Å²) in [7, 11) is 0. The Hall–Kier alpha value is -2.95. The minimum absolute atomic E-state index is 0.0901. The third-order valence-electron chi connectivity index (χ3n) is 3.37. The average molecular weight is 293 g/mol. The zero-order valence-electron chi connectivity index (χ0n) is 11.7. The zero-order valence-corrected chi connectivity index (χ0v) is 11.7. The lowest BCUT2D eigenvalue weighted by molar-refractivity contribution is -0.385. The van der Waals surface area contributed by atoms with Crippen molar-refractivity contribution in [2.45, 2.75) is 6.61 Å². The highest BCUT2D eigenvalue weighted by molar-refractivity contribution is 5.87. The summed E-state index contributed by atoms with van der Waals surface area (Å²) in [5.41, 5.74) is 1.96. The third kappa shape index (κ3) is 2.74. The molecule has 2 aromatic carbocycles. The molecule has 0 unspecified atom stereocenters. The molecule has 0 saturated carbocycles. The van der Waals surface area contributed by atoms with Crippen LogP contribution < -0.4 is 4.74 Å². The predicted molar refractivity (Wildman–Crippen MR) is 83.6 cm³/mol. The lowest BCUT2D eigenvalue weighted by atomic mass is 10.1. The second kappa shape index (κ2) is 5.81. The van der Waals surface area contributed by atoms with Crippen molar-refractivity contribution in [3.05, 3.63) is 82.9 Å². The standard InChI is InChI=1S/C17H13N2O3/c1-12-15-9-14(22-11-13-5-3-2-4-6-13)7-8-16(15)18-10-17(12)19(20)21/h2-10H,1,11H2. The first-order chi connectivity index (χ1) is 10.6. The van der Waals surface area contributed by atoms with Gasteiger partial charge in [0.1, 0.15) is 18.6 Å². The van der Waals surface area contributed by atoms with Gasteiger partial charge in [0, 0.05) is 10.9 Å². The third-order valence-corrected chi connectivity index (χ3v) is 3.37. The lowest BCUT2D eigenvalue weighted by Gasteiger charge is -2.08. The Kier molecular flexibility index (Phi) is 3.70. The first-order valence-electron chi connectivity index (χ1n) is 6.71. The van der Waals surface area contributed by atoms with Crippen LogP contribution in [0.15, 0.2) is 54.7 Å². The van der Waals surface area contributed by atoms with Crippen LogP contribution in [0.3, 0.4) is 0 Å². The number of rotatable bonds is 4. The molecule has 1 radical (unpaired) electrons. The minimum atomic E-state index is -0.480. The highest BCUT2D eigenvalue weighted by Gasteiger charge is 2.14. The molecule has 0 bridgehead atoms. The Morgan fingerprint density at radius 2 is 1.95 bits per heavy atom. The molecule has 0 aliphatic rings. The topological polar surface area (TPSA) is 65.3 Å². The van der Waals surface area contributed by atoms with E-state index >= 15 is 0 Å². The number of nitrogens with zero attached hydrogens (tertiary/aromatic N) is 2. The number of ether oxygens (including phenoxy) is 1. The van der Waals surface area contributed by atoms with E-state index in [-0.39, 0.29) is 5.69 Å². The number of aromatic nitrogens is 1. The number of hydrogen-bond donors (Lipinski definition) is 0. The Bertz CT molecular complexity index is 832. The van der Waals surface area contributed by atoms with E-state index in [9.17, 15) is 10.1 Å². The van der Waals surface area contributed by atoms with E-state index in [0.717, 1.165) is 5.56 Å². The molecule has 3 rings (SSSR count). The smallest absolute Gasteiger partial charge is 0.291 e. The first kappa shape index (κ1) is 14.0. The molecule has 22 heavy (non-hydrogen) atoms. The van der Waals surface area contributed by atoms with Gasteiger partial charge in [-0.05, 0) is 30.7 Å². The zero-order chi connectivity index (χ0) is 15.5.